The van der Waals surface area contributed by atoms with Gasteiger partial charge in [0.25, 0.3) is 5.91 Å². The number of hydrogen-bond donors (Lipinski definition) is 1. The van der Waals surface area contributed by atoms with Crippen molar-refractivity contribution < 1.29 is 14.3 Å². The Hall–Kier alpha value is -3.34. The molecule has 2 aromatic carbocycles. The lowest BCUT2D eigenvalue weighted by Crippen LogP contribution is -2.30. The molecule has 0 atom stereocenters. The summed E-state index contributed by atoms with van der Waals surface area (Å²) in [6, 6.07) is 14.9. The van der Waals surface area contributed by atoms with Gasteiger partial charge in [0.15, 0.2) is 0 Å². The van der Waals surface area contributed by atoms with Crippen molar-refractivity contribution in [2.24, 2.45) is 0 Å². The minimum atomic E-state index is -0.403. The fourth-order valence-electron chi connectivity index (χ4n) is 2.58. The highest BCUT2D eigenvalue weighted by Gasteiger charge is 2.32. The summed E-state index contributed by atoms with van der Waals surface area (Å²) < 4.78 is 5.11. The zero-order valence-electron chi connectivity index (χ0n) is 14.7. The van der Waals surface area contributed by atoms with E-state index in [1.54, 1.807) is 19.3 Å². The molecule has 0 spiro atoms. The lowest BCUT2D eigenvalue weighted by Gasteiger charge is -2.11. The molecule has 3 amide bonds. The molecule has 1 fully saturated rings. The summed E-state index contributed by atoms with van der Waals surface area (Å²) >= 11 is 0. The first-order valence-electron chi connectivity index (χ1n) is 8.27. The molecule has 5 heteroatoms. The second-order valence-corrected chi connectivity index (χ2v) is 6.02. The number of imide groups is 1. The normalized spacial score (nSPS) is 15.8. The molecule has 1 saturated heterocycles. The Kier molecular flexibility index (Phi) is 5.17. The van der Waals surface area contributed by atoms with E-state index in [4.69, 9.17) is 4.74 Å². The van der Waals surface area contributed by atoms with Gasteiger partial charge in [-0.25, -0.2) is 4.79 Å². The van der Waals surface area contributed by atoms with Crippen molar-refractivity contribution in [2.75, 3.05) is 7.11 Å². The number of benzene rings is 2. The maximum Gasteiger partial charge on any atom is 0.329 e. The van der Waals surface area contributed by atoms with E-state index in [2.05, 4.69) is 5.32 Å². The first kappa shape index (κ1) is 17.5. The highest BCUT2D eigenvalue weighted by atomic mass is 16.5. The van der Waals surface area contributed by atoms with Gasteiger partial charge in [-0.15, -0.1) is 0 Å². The molecule has 132 valence electrons. The van der Waals surface area contributed by atoms with Gasteiger partial charge in [0.1, 0.15) is 11.4 Å². The van der Waals surface area contributed by atoms with Gasteiger partial charge in [-0.3, -0.25) is 9.69 Å². The monoisotopic (exact) mass is 348 g/mol. The molecule has 5 nitrogen and oxygen atoms in total. The molecule has 2 aromatic rings. The third-order valence-corrected chi connectivity index (χ3v) is 4.09. The predicted octanol–water partition coefficient (Wildman–Crippen LogP) is 3.65. The Labute approximate surface area is 152 Å². The summed E-state index contributed by atoms with van der Waals surface area (Å²) in [6.07, 6.45) is 5.21. The maximum atomic E-state index is 12.4. The van der Waals surface area contributed by atoms with Crippen LogP contribution in [0.2, 0.25) is 0 Å². The molecular formula is C21H20N2O3. The number of ether oxygens (including phenoxy) is 1. The molecule has 0 bridgehead atoms. The molecule has 1 aliphatic heterocycles. The Morgan fingerprint density at radius 3 is 2.38 bits per heavy atom. The van der Waals surface area contributed by atoms with E-state index in [1.807, 2.05) is 61.5 Å². The van der Waals surface area contributed by atoms with Crippen molar-refractivity contribution in [3.8, 4) is 5.75 Å². The number of carbonyl (C=O) groups is 2. The third kappa shape index (κ3) is 4.00. The topological polar surface area (TPSA) is 58.6 Å². The number of nitrogens with one attached hydrogen (secondary N) is 1. The zero-order valence-corrected chi connectivity index (χ0v) is 14.7. The largest absolute Gasteiger partial charge is 0.497 e. The summed E-state index contributed by atoms with van der Waals surface area (Å²) in [5.74, 6) is 0.459. The zero-order chi connectivity index (χ0) is 18.5. The van der Waals surface area contributed by atoms with E-state index in [0.29, 0.717) is 0 Å². The minimum Gasteiger partial charge on any atom is -0.497 e. The van der Waals surface area contributed by atoms with Crippen molar-refractivity contribution in [3.63, 3.8) is 0 Å². The van der Waals surface area contributed by atoms with E-state index < -0.39 is 6.03 Å². The van der Waals surface area contributed by atoms with Crippen molar-refractivity contribution in [1.29, 1.82) is 0 Å². The van der Waals surface area contributed by atoms with Gasteiger partial charge in [-0.1, -0.05) is 54.1 Å². The number of allylic oxidation sites excluding steroid dienone is 2. The summed E-state index contributed by atoms with van der Waals surface area (Å²) in [7, 11) is 1.62. The molecule has 0 aromatic heterocycles. The van der Waals surface area contributed by atoms with E-state index >= 15 is 0 Å². The first-order valence-corrected chi connectivity index (χ1v) is 8.27. The highest BCUT2D eigenvalue weighted by molar-refractivity contribution is 6.11. The average molecular weight is 348 g/mol. The van der Waals surface area contributed by atoms with Crippen LogP contribution < -0.4 is 10.1 Å². The van der Waals surface area contributed by atoms with Crippen LogP contribution in [0.3, 0.4) is 0 Å². The predicted molar refractivity (Wildman–Crippen MR) is 100 cm³/mol. The molecule has 0 aliphatic carbocycles. The summed E-state index contributed by atoms with van der Waals surface area (Å²) in [6.45, 7) is 2.25. The van der Waals surface area contributed by atoms with Crippen LogP contribution >= 0.6 is 0 Å². The van der Waals surface area contributed by atoms with Gasteiger partial charge in [0.05, 0.1) is 13.7 Å². The fourth-order valence-corrected chi connectivity index (χ4v) is 2.58. The molecule has 0 saturated carbocycles. The molecule has 3 rings (SSSR count). The highest BCUT2D eigenvalue weighted by Crippen LogP contribution is 2.16. The molecule has 26 heavy (non-hydrogen) atoms. The smallest absolute Gasteiger partial charge is 0.329 e. The van der Waals surface area contributed by atoms with Crippen molar-refractivity contribution in [3.05, 3.63) is 83.1 Å². The van der Waals surface area contributed by atoms with Gasteiger partial charge in [0.2, 0.25) is 0 Å². The van der Waals surface area contributed by atoms with E-state index in [1.165, 1.54) is 4.90 Å². The molecular weight excluding hydrogens is 328 g/mol. The van der Waals surface area contributed by atoms with Crippen LogP contribution in [0.1, 0.15) is 16.7 Å². The van der Waals surface area contributed by atoms with Gasteiger partial charge in [0, 0.05) is 0 Å². The lowest BCUT2D eigenvalue weighted by molar-refractivity contribution is -0.123. The molecule has 0 unspecified atom stereocenters. The Balaban J connectivity index is 1.68. The minimum absolute atomic E-state index is 0.254. The van der Waals surface area contributed by atoms with Crippen LogP contribution in [0.15, 0.2) is 66.4 Å². The molecule has 1 heterocycles. The van der Waals surface area contributed by atoms with Crippen molar-refractivity contribution in [2.45, 2.75) is 13.5 Å². The summed E-state index contributed by atoms with van der Waals surface area (Å²) in [5.41, 5.74) is 3.28. The Morgan fingerprint density at radius 2 is 1.73 bits per heavy atom. The number of carbonyl (C=O) groups excluding carboxylic acids is 2. The van der Waals surface area contributed by atoms with Gasteiger partial charge < -0.3 is 10.1 Å². The SMILES string of the molecule is COc1ccc(/C=C/C=C2/NC(=O)N(Cc3ccc(C)cc3)C2=O)cc1. The maximum absolute atomic E-state index is 12.4. The average Bonchev–Trinajstić information content (AvgIpc) is 2.92. The second kappa shape index (κ2) is 7.70. The number of aryl methyl sites for hydroxylation is 1. The Morgan fingerprint density at radius 1 is 1.04 bits per heavy atom. The number of rotatable bonds is 5. The third-order valence-electron chi connectivity index (χ3n) is 4.09. The molecule has 1 N–H and O–H groups in total. The first-order chi connectivity index (χ1) is 12.6. The summed E-state index contributed by atoms with van der Waals surface area (Å²) in [4.78, 5) is 25.7. The van der Waals surface area contributed by atoms with Gasteiger partial charge in [-0.05, 0) is 36.3 Å². The van der Waals surface area contributed by atoms with Crippen LogP contribution in [-0.4, -0.2) is 23.9 Å². The summed E-state index contributed by atoms with van der Waals surface area (Å²) in [5, 5.41) is 2.62. The Bertz CT molecular complexity index is 865. The van der Waals surface area contributed by atoms with Crippen molar-refractivity contribution >= 4 is 18.0 Å². The van der Waals surface area contributed by atoms with Gasteiger partial charge in [-0.2, -0.15) is 0 Å². The fraction of sp³-hybridized carbons (Fsp3) is 0.143. The quantitative estimate of drug-likeness (QED) is 0.663. The van der Waals surface area contributed by atoms with Crippen LogP contribution in [0.5, 0.6) is 5.75 Å². The van der Waals surface area contributed by atoms with Crippen LogP contribution in [0.4, 0.5) is 4.79 Å². The number of methoxy groups -OCH3 is 1. The molecule has 0 radical (unpaired) electrons. The number of nitrogens with zero attached hydrogens (tertiary/aromatic N) is 1. The van der Waals surface area contributed by atoms with Crippen LogP contribution in [0, 0.1) is 6.92 Å². The van der Waals surface area contributed by atoms with Crippen LogP contribution in [0.25, 0.3) is 6.08 Å². The number of urea groups is 1. The van der Waals surface area contributed by atoms with Crippen LogP contribution in [-0.2, 0) is 11.3 Å². The number of amides is 3. The second-order valence-electron chi connectivity index (χ2n) is 6.02. The number of hydrogen-bond acceptors (Lipinski definition) is 3. The standard InChI is InChI=1S/C21H20N2O3/c1-15-6-8-17(9-7-15)14-23-20(24)19(22-21(23)25)5-3-4-16-10-12-18(26-2)13-11-16/h3-13H,14H2,1-2H3,(H,22,25)/b4-3+,19-5+. The van der Waals surface area contributed by atoms with E-state index in [0.717, 1.165) is 22.4 Å². The van der Waals surface area contributed by atoms with E-state index in [9.17, 15) is 9.59 Å². The van der Waals surface area contributed by atoms with Crippen molar-refractivity contribution in [1.82, 2.24) is 10.2 Å². The molecule has 1 aliphatic rings. The van der Waals surface area contributed by atoms with Gasteiger partial charge >= 0.3 is 6.03 Å². The lowest BCUT2D eigenvalue weighted by atomic mass is 10.1. The van der Waals surface area contributed by atoms with E-state index in [-0.39, 0.29) is 18.1 Å².